The number of hydrogen-bond donors (Lipinski definition) is 1. The zero-order valence-electron chi connectivity index (χ0n) is 15.2. The molecule has 1 saturated heterocycles. The van der Waals surface area contributed by atoms with E-state index in [0.717, 1.165) is 19.6 Å². The average Bonchev–Trinajstić information content (AvgIpc) is 2.60. The maximum atomic E-state index is 12.8. The maximum absolute atomic E-state index is 12.8. The zero-order valence-corrected chi connectivity index (χ0v) is 15.2. The number of carbonyl (C=O) groups excluding carboxylic acids is 1. The van der Waals surface area contributed by atoms with Crippen molar-refractivity contribution in [2.45, 2.75) is 51.1 Å². The lowest BCUT2D eigenvalue weighted by atomic mass is 9.79. The van der Waals surface area contributed by atoms with E-state index in [1.54, 1.807) is 0 Å². The summed E-state index contributed by atoms with van der Waals surface area (Å²) in [4.78, 5) is 17.2. The quantitative estimate of drug-likeness (QED) is 0.922. The lowest BCUT2D eigenvalue weighted by molar-refractivity contribution is -0.134. The van der Waals surface area contributed by atoms with E-state index >= 15 is 0 Å². The molecule has 3 rings (SSSR count). The molecule has 1 amide bonds. The molecule has 0 unspecified atom stereocenters. The molecule has 0 atom stereocenters. The molecular weight excluding hydrogens is 298 g/mol. The van der Waals surface area contributed by atoms with E-state index in [1.165, 1.54) is 43.2 Å². The van der Waals surface area contributed by atoms with Crippen LogP contribution in [0.1, 0.15) is 43.2 Å². The Bertz CT molecular complexity index is 557. The van der Waals surface area contributed by atoms with Gasteiger partial charge in [0.1, 0.15) is 0 Å². The van der Waals surface area contributed by atoms with Gasteiger partial charge in [-0.05, 0) is 30.9 Å². The van der Waals surface area contributed by atoms with Gasteiger partial charge in [0.15, 0.2) is 0 Å². The number of likely N-dealkylation sites (N-methyl/N-ethyl adjacent to an activating group) is 1. The molecule has 1 saturated carbocycles. The van der Waals surface area contributed by atoms with Gasteiger partial charge in [-0.1, -0.05) is 43.5 Å². The molecule has 1 aromatic rings. The van der Waals surface area contributed by atoms with E-state index in [4.69, 9.17) is 0 Å². The van der Waals surface area contributed by atoms with Crippen molar-refractivity contribution in [3.05, 3.63) is 35.4 Å². The molecule has 1 aliphatic heterocycles. The summed E-state index contributed by atoms with van der Waals surface area (Å²) in [5.41, 5.74) is 2.71. The van der Waals surface area contributed by atoms with Gasteiger partial charge in [-0.2, -0.15) is 0 Å². The number of aryl methyl sites for hydroxylation is 1. The Morgan fingerprint density at radius 1 is 1.25 bits per heavy atom. The number of rotatable bonds is 4. The van der Waals surface area contributed by atoms with Crippen LogP contribution in [0.5, 0.6) is 0 Å². The minimum atomic E-state index is 0.218. The highest BCUT2D eigenvalue weighted by molar-refractivity contribution is 5.78. The molecule has 0 radical (unpaired) electrons. The molecule has 4 heteroatoms. The normalized spacial score (nSPS) is 20.9. The number of nitrogens with one attached hydrogen (secondary N) is 1. The lowest BCUT2D eigenvalue weighted by Crippen LogP contribution is -2.63. The Hall–Kier alpha value is -1.39. The summed E-state index contributed by atoms with van der Waals surface area (Å²) < 4.78 is 0. The van der Waals surface area contributed by atoms with Crippen LogP contribution in [-0.2, 0) is 11.3 Å². The van der Waals surface area contributed by atoms with Crippen LogP contribution >= 0.6 is 0 Å². The van der Waals surface area contributed by atoms with Crippen molar-refractivity contribution < 1.29 is 4.79 Å². The first kappa shape index (κ1) is 17.4. The van der Waals surface area contributed by atoms with Gasteiger partial charge in [-0.3, -0.25) is 9.69 Å². The molecule has 2 fully saturated rings. The summed E-state index contributed by atoms with van der Waals surface area (Å²) in [7, 11) is 1.94. The van der Waals surface area contributed by atoms with Crippen molar-refractivity contribution in [3.8, 4) is 0 Å². The number of carbonyl (C=O) groups is 1. The molecule has 1 N–H and O–H groups in total. The van der Waals surface area contributed by atoms with Crippen molar-refractivity contribution in [1.82, 2.24) is 15.1 Å². The molecule has 132 valence electrons. The van der Waals surface area contributed by atoms with Crippen LogP contribution in [0.4, 0.5) is 0 Å². The fraction of sp³-hybridized carbons (Fsp3) is 0.650. The SMILES string of the molecule is Cc1ccccc1CN(C)C(=O)CN1CCNCC12CCCCC2. The van der Waals surface area contributed by atoms with Gasteiger partial charge in [0.05, 0.1) is 6.54 Å². The molecule has 2 aliphatic rings. The van der Waals surface area contributed by atoms with Crippen molar-refractivity contribution in [3.63, 3.8) is 0 Å². The van der Waals surface area contributed by atoms with Crippen LogP contribution in [0.3, 0.4) is 0 Å². The standard InChI is InChI=1S/C20H31N3O/c1-17-8-4-5-9-18(17)14-22(2)19(24)15-23-13-12-21-16-20(23)10-6-3-7-11-20/h4-5,8-9,21H,3,6-7,10-16H2,1-2H3. The van der Waals surface area contributed by atoms with Gasteiger partial charge in [-0.25, -0.2) is 0 Å². The van der Waals surface area contributed by atoms with Gasteiger partial charge in [0.25, 0.3) is 0 Å². The predicted octanol–water partition coefficient (Wildman–Crippen LogP) is 2.56. The molecule has 0 bridgehead atoms. The topological polar surface area (TPSA) is 35.6 Å². The number of piperazine rings is 1. The maximum Gasteiger partial charge on any atom is 0.236 e. The van der Waals surface area contributed by atoms with Crippen LogP contribution in [0.15, 0.2) is 24.3 Å². The van der Waals surface area contributed by atoms with Crippen LogP contribution < -0.4 is 5.32 Å². The van der Waals surface area contributed by atoms with Crippen LogP contribution in [0.25, 0.3) is 0 Å². The molecule has 1 heterocycles. The number of benzene rings is 1. The number of amides is 1. The zero-order chi connectivity index (χ0) is 17.0. The van der Waals surface area contributed by atoms with Gasteiger partial charge >= 0.3 is 0 Å². The van der Waals surface area contributed by atoms with Crippen molar-refractivity contribution >= 4 is 5.91 Å². The number of hydrogen-bond acceptors (Lipinski definition) is 3. The largest absolute Gasteiger partial charge is 0.340 e. The first-order valence-electron chi connectivity index (χ1n) is 9.35. The summed E-state index contributed by atoms with van der Waals surface area (Å²) in [6.45, 7) is 6.40. The van der Waals surface area contributed by atoms with Gasteiger partial charge < -0.3 is 10.2 Å². The predicted molar refractivity (Wildman–Crippen MR) is 97.9 cm³/mol. The Morgan fingerprint density at radius 3 is 2.75 bits per heavy atom. The molecule has 1 spiro atoms. The monoisotopic (exact) mass is 329 g/mol. The third-order valence-electron chi connectivity index (χ3n) is 5.89. The third-order valence-corrected chi connectivity index (χ3v) is 5.89. The van der Waals surface area contributed by atoms with E-state index in [2.05, 4.69) is 29.3 Å². The van der Waals surface area contributed by atoms with Crippen molar-refractivity contribution in [2.24, 2.45) is 0 Å². The van der Waals surface area contributed by atoms with Gasteiger partial charge in [0.2, 0.25) is 5.91 Å². The van der Waals surface area contributed by atoms with Crippen LogP contribution in [0, 0.1) is 6.92 Å². The molecule has 4 nitrogen and oxygen atoms in total. The summed E-state index contributed by atoms with van der Waals surface area (Å²) >= 11 is 0. The van der Waals surface area contributed by atoms with E-state index < -0.39 is 0 Å². The molecule has 1 aliphatic carbocycles. The molecule has 24 heavy (non-hydrogen) atoms. The third kappa shape index (κ3) is 3.81. The van der Waals surface area contributed by atoms with Crippen molar-refractivity contribution in [2.75, 3.05) is 33.2 Å². The van der Waals surface area contributed by atoms with E-state index in [1.807, 2.05) is 24.1 Å². The summed E-state index contributed by atoms with van der Waals surface area (Å²) in [5, 5.41) is 3.56. The lowest BCUT2D eigenvalue weighted by Gasteiger charge is -2.49. The van der Waals surface area contributed by atoms with Crippen LogP contribution in [0.2, 0.25) is 0 Å². The Labute approximate surface area is 146 Å². The number of nitrogens with zero attached hydrogens (tertiary/aromatic N) is 2. The molecule has 0 aromatic heterocycles. The minimum absolute atomic E-state index is 0.218. The fourth-order valence-electron chi connectivity index (χ4n) is 4.25. The Morgan fingerprint density at radius 2 is 2.00 bits per heavy atom. The summed E-state index contributed by atoms with van der Waals surface area (Å²) in [6, 6.07) is 8.33. The summed E-state index contributed by atoms with van der Waals surface area (Å²) in [6.07, 6.45) is 6.40. The molecular formula is C20H31N3O. The van der Waals surface area contributed by atoms with E-state index in [0.29, 0.717) is 13.1 Å². The van der Waals surface area contributed by atoms with Gasteiger partial charge in [-0.15, -0.1) is 0 Å². The first-order chi connectivity index (χ1) is 11.6. The average molecular weight is 329 g/mol. The van der Waals surface area contributed by atoms with E-state index in [-0.39, 0.29) is 11.4 Å². The first-order valence-corrected chi connectivity index (χ1v) is 9.35. The second-order valence-electron chi connectivity index (χ2n) is 7.56. The second kappa shape index (κ2) is 7.66. The smallest absolute Gasteiger partial charge is 0.236 e. The van der Waals surface area contributed by atoms with E-state index in [9.17, 15) is 4.79 Å². The Kier molecular flexibility index (Phi) is 5.57. The highest BCUT2D eigenvalue weighted by atomic mass is 16.2. The second-order valence-corrected chi connectivity index (χ2v) is 7.56. The molecule has 1 aromatic carbocycles. The highest BCUT2D eigenvalue weighted by Crippen LogP contribution is 2.34. The highest BCUT2D eigenvalue weighted by Gasteiger charge is 2.40. The minimum Gasteiger partial charge on any atom is -0.340 e. The Balaban J connectivity index is 1.63. The fourth-order valence-corrected chi connectivity index (χ4v) is 4.25. The van der Waals surface area contributed by atoms with Gasteiger partial charge in [0, 0.05) is 38.8 Å². The summed E-state index contributed by atoms with van der Waals surface area (Å²) in [5.74, 6) is 0.241. The van der Waals surface area contributed by atoms with Crippen molar-refractivity contribution in [1.29, 1.82) is 0 Å². The van der Waals surface area contributed by atoms with Crippen LogP contribution in [-0.4, -0.2) is 54.5 Å².